The van der Waals surface area contributed by atoms with Crippen molar-refractivity contribution in [3.05, 3.63) is 81.9 Å². The third kappa shape index (κ3) is 5.92. The Hall–Kier alpha value is -3.23. The molecule has 0 N–H and O–H groups in total. The van der Waals surface area contributed by atoms with Gasteiger partial charge in [-0.25, -0.2) is 8.42 Å². The maximum absolute atomic E-state index is 14.1. The van der Waals surface area contributed by atoms with Crippen molar-refractivity contribution < 1.29 is 17.9 Å². The number of carbonyl (C=O) groups excluding carboxylic acids is 1. The minimum Gasteiger partial charge on any atom is -0.495 e. The summed E-state index contributed by atoms with van der Waals surface area (Å²) >= 11 is 6.21. The Morgan fingerprint density at radius 3 is 2.18 bits per heavy atom. The van der Waals surface area contributed by atoms with Crippen molar-refractivity contribution in [2.75, 3.05) is 49.0 Å². The van der Waals surface area contributed by atoms with Crippen LogP contribution >= 0.6 is 11.6 Å². The third-order valence-corrected chi connectivity index (χ3v) is 8.83. The number of hydrogen-bond acceptors (Lipinski definition) is 5. The van der Waals surface area contributed by atoms with Crippen LogP contribution in [0, 0.1) is 27.7 Å². The first kappa shape index (κ1) is 27.8. The van der Waals surface area contributed by atoms with Gasteiger partial charge in [-0.3, -0.25) is 9.10 Å². The summed E-state index contributed by atoms with van der Waals surface area (Å²) in [6.07, 6.45) is 0. The lowest BCUT2D eigenvalue weighted by atomic mass is 10.1. The Morgan fingerprint density at radius 2 is 1.55 bits per heavy atom. The largest absolute Gasteiger partial charge is 0.495 e. The maximum atomic E-state index is 14.1. The lowest BCUT2D eigenvalue weighted by Gasteiger charge is -2.37. The lowest BCUT2D eigenvalue weighted by molar-refractivity contribution is -0.129. The normalized spacial score (nSPS) is 13.9. The van der Waals surface area contributed by atoms with E-state index in [9.17, 15) is 13.2 Å². The summed E-state index contributed by atoms with van der Waals surface area (Å²) in [4.78, 5) is 17.5. The molecule has 1 saturated heterocycles. The van der Waals surface area contributed by atoms with Crippen LogP contribution in [-0.2, 0) is 14.8 Å². The van der Waals surface area contributed by atoms with Crippen LogP contribution in [0.15, 0.2) is 59.5 Å². The summed E-state index contributed by atoms with van der Waals surface area (Å²) in [7, 11) is -2.67. The number of aryl methyl sites for hydroxylation is 4. The second kappa shape index (κ2) is 11.3. The second-order valence-electron chi connectivity index (χ2n) is 9.81. The van der Waals surface area contributed by atoms with E-state index in [1.54, 1.807) is 35.2 Å². The summed E-state index contributed by atoms with van der Waals surface area (Å²) < 4.78 is 34.7. The summed E-state index contributed by atoms with van der Waals surface area (Å²) in [5.74, 6) is -0.00949. The van der Waals surface area contributed by atoms with Crippen LogP contribution in [0.25, 0.3) is 0 Å². The number of nitrogens with zero attached hydrogens (tertiary/aromatic N) is 3. The van der Waals surface area contributed by atoms with E-state index in [1.807, 2.05) is 52.0 Å². The molecule has 3 aromatic rings. The smallest absolute Gasteiger partial charge is 0.268 e. The van der Waals surface area contributed by atoms with Gasteiger partial charge in [-0.15, -0.1) is 0 Å². The second-order valence-corrected chi connectivity index (χ2v) is 12.1. The molecule has 4 rings (SSSR count). The Bertz CT molecular complexity index is 1430. The predicted molar refractivity (Wildman–Crippen MR) is 153 cm³/mol. The first-order valence-corrected chi connectivity index (χ1v) is 14.4. The van der Waals surface area contributed by atoms with Crippen LogP contribution in [0.5, 0.6) is 5.75 Å². The molecule has 0 radical (unpaired) electrons. The van der Waals surface area contributed by atoms with Gasteiger partial charge in [0, 0.05) is 36.9 Å². The van der Waals surface area contributed by atoms with Crippen LogP contribution in [0.1, 0.15) is 22.3 Å². The van der Waals surface area contributed by atoms with Gasteiger partial charge in [0.05, 0.1) is 12.8 Å². The van der Waals surface area contributed by atoms with Crippen LogP contribution in [-0.4, -0.2) is 59.1 Å². The number of carbonyl (C=O) groups is 1. The monoisotopic (exact) mass is 555 g/mol. The first-order valence-electron chi connectivity index (χ1n) is 12.5. The van der Waals surface area contributed by atoms with Crippen molar-refractivity contribution in [1.29, 1.82) is 0 Å². The van der Waals surface area contributed by atoms with Crippen molar-refractivity contribution in [2.24, 2.45) is 0 Å². The number of benzene rings is 3. The van der Waals surface area contributed by atoms with Gasteiger partial charge in [0.25, 0.3) is 10.0 Å². The number of rotatable bonds is 7. The van der Waals surface area contributed by atoms with Crippen LogP contribution in [0.2, 0.25) is 5.02 Å². The highest BCUT2D eigenvalue weighted by molar-refractivity contribution is 7.93. The number of anilines is 2. The molecular weight excluding hydrogens is 522 g/mol. The highest BCUT2D eigenvalue weighted by Crippen LogP contribution is 2.32. The van der Waals surface area contributed by atoms with Crippen molar-refractivity contribution in [2.45, 2.75) is 32.6 Å². The van der Waals surface area contributed by atoms with Gasteiger partial charge >= 0.3 is 0 Å². The van der Waals surface area contributed by atoms with Crippen molar-refractivity contribution in [1.82, 2.24) is 4.90 Å². The molecule has 7 nitrogen and oxygen atoms in total. The molecule has 1 aliphatic rings. The molecule has 0 unspecified atom stereocenters. The fourth-order valence-corrected chi connectivity index (χ4v) is 6.66. The molecule has 3 aromatic carbocycles. The quantitative estimate of drug-likeness (QED) is 0.404. The number of hydrogen-bond donors (Lipinski definition) is 0. The minimum absolute atomic E-state index is 0.0354. The molecule has 38 heavy (non-hydrogen) atoms. The molecule has 1 aliphatic heterocycles. The summed E-state index contributed by atoms with van der Waals surface area (Å²) in [6, 6.07) is 16.4. The van der Waals surface area contributed by atoms with E-state index in [2.05, 4.69) is 4.90 Å². The lowest BCUT2D eigenvalue weighted by Crippen LogP contribution is -2.52. The Balaban J connectivity index is 1.62. The zero-order chi connectivity index (χ0) is 27.6. The SMILES string of the molecule is COc1ccc(C)cc1S(=O)(=O)N(CC(=O)N1CCN(c2cc(Cl)ccc2C)CC1)c1cc(C)cc(C)c1. The molecule has 0 spiro atoms. The Kier molecular flexibility index (Phi) is 8.23. The molecular formula is C29H34ClN3O4S. The minimum atomic E-state index is -4.12. The molecule has 1 heterocycles. The van der Waals surface area contributed by atoms with E-state index < -0.39 is 10.0 Å². The molecule has 9 heteroatoms. The topological polar surface area (TPSA) is 70.2 Å². The van der Waals surface area contributed by atoms with Gasteiger partial charge in [-0.1, -0.05) is 29.8 Å². The number of methoxy groups -OCH3 is 1. The van der Waals surface area contributed by atoms with E-state index in [0.29, 0.717) is 36.9 Å². The highest BCUT2D eigenvalue weighted by atomic mass is 35.5. The maximum Gasteiger partial charge on any atom is 0.268 e. The van der Waals surface area contributed by atoms with E-state index in [1.165, 1.54) is 11.4 Å². The molecule has 1 fully saturated rings. The first-order chi connectivity index (χ1) is 18.0. The molecule has 202 valence electrons. The van der Waals surface area contributed by atoms with Crippen LogP contribution in [0.3, 0.4) is 0 Å². The number of amides is 1. The van der Waals surface area contributed by atoms with E-state index in [0.717, 1.165) is 27.9 Å². The number of ether oxygens (including phenoxy) is 1. The van der Waals surface area contributed by atoms with Gasteiger partial charge < -0.3 is 14.5 Å². The molecule has 0 atom stereocenters. The number of halogens is 1. The number of piperazine rings is 1. The van der Waals surface area contributed by atoms with Gasteiger partial charge in [0.1, 0.15) is 17.2 Å². The summed E-state index contributed by atoms with van der Waals surface area (Å²) in [6.45, 7) is 9.61. The zero-order valence-corrected chi connectivity index (χ0v) is 24.1. The fourth-order valence-electron chi connectivity index (χ4n) is 4.86. The Morgan fingerprint density at radius 1 is 0.895 bits per heavy atom. The van der Waals surface area contributed by atoms with Crippen molar-refractivity contribution >= 4 is 38.9 Å². The fraction of sp³-hybridized carbons (Fsp3) is 0.345. The average Bonchev–Trinajstić information content (AvgIpc) is 2.88. The van der Waals surface area contributed by atoms with Gasteiger partial charge in [-0.2, -0.15) is 0 Å². The van der Waals surface area contributed by atoms with Gasteiger partial charge in [0.2, 0.25) is 5.91 Å². The molecule has 0 saturated carbocycles. The van der Waals surface area contributed by atoms with E-state index in [4.69, 9.17) is 16.3 Å². The summed E-state index contributed by atoms with van der Waals surface area (Å²) in [5, 5.41) is 0.671. The molecule has 0 aliphatic carbocycles. The number of sulfonamides is 1. The molecule has 1 amide bonds. The van der Waals surface area contributed by atoms with E-state index >= 15 is 0 Å². The Labute approximate surface area is 230 Å². The summed E-state index contributed by atoms with van der Waals surface area (Å²) in [5.41, 5.74) is 5.23. The standard InChI is InChI=1S/C29H34ClN3O4S/c1-20-6-9-27(37-5)28(17-20)38(35,36)33(25-15-21(2)14-22(3)16-25)19-29(34)32-12-10-31(11-13-32)26-18-24(30)8-7-23(26)4/h6-9,14-18H,10-13,19H2,1-5H3. The van der Waals surface area contributed by atoms with Gasteiger partial charge in [-0.05, 0) is 86.3 Å². The van der Waals surface area contributed by atoms with Gasteiger partial charge in [0.15, 0.2) is 0 Å². The predicted octanol–water partition coefficient (Wildman–Crippen LogP) is 5.13. The molecule has 0 aromatic heterocycles. The molecule has 0 bridgehead atoms. The third-order valence-electron chi connectivity index (χ3n) is 6.80. The van der Waals surface area contributed by atoms with Crippen molar-refractivity contribution in [3.8, 4) is 5.75 Å². The van der Waals surface area contributed by atoms with E-state index in [-0.39, 0.29) is 23.1 Å². The zero-order valence-electron chi connectivity index (χ0n) is 22.5. The van der Waals surface area contributed by atoms with Crippen molar-refractivity contribution in [3.63, 3.8) is 0 Å². The highest BCUT2D eigenvalue weighted by Gasteiger charge is 2.32. The van der Waals surface area contributed by atoms with Crippen LogP contribution < -0.4 is 13.9 Å². The van der Waals surface area contributed by atoms with Crippen LogP contribution in [0.4, 0.5) is 11.4 Å². The average molecular weight is 556 g/mol.